The molecule has 0 fully saturated rings. The van der Waals surface area contributed by atoms with Crippen molar-refractivity contribution in [3.63, 3.8) is 0 Å². The zero-order chi connectivity index (χ0) is 24.0. The fraction of sp³-hybridized carbons (Fsp3) is 0.480. The van der Waals surface area contributed by atoms with Gasteiger partial charge in [-0.25, -0.2) is 13.2 Å². The Labute approximate surface area is 197 Å². The summed E-state index contributed by atoms with van der Waals surface area (Å²) in [6, 6.07) is 10.2. The van der Waals surface area contributed by atoms with Gasteiger partial charge in [0, 0.05) is 6.54 Å². The summed E-state index contributed by atoms with van der Waals surface area (Å²) in [5.74, 6) is -1.04. The second-order valence-corrected chi connectivity index (χ2v) is 10.2. The minimum Gasteiger partial charge on any atom is -0.478 e. The van der Waals surface area contributed by atoms with Gasteiger partial charge >= 0.3 is 5.97 Å². The molecular weight excluding hydrogens is 438 g/mol. The molecule has 33 heavy (non-hydrogen) atoms. The monoisotopic (exact) mass is 473 g/mol. The van der Waals surface area contributed by atoms with Gasteiger partial charge < -0.3 is 15.3 Å². The van der Waals surface area contributed by atoms with Gasteiger partial charge in [-0.2, -0.15) is 0 Å². The van der Waals surface area contributed by atoms with Crippen LogP contribution in [0.25, 0.3) is 0 Å². The number of anilines is 2. The average Bonchev–Trinajstić information content (AvgIpc) is 2.79. The number of fused-ring (bicyclic) bond motifs is 1. The molecule has 0 amide bonds. The summed E-state index contributed by atoms with van der Waals surface area (Å²) in [6.07, 6.45) is 3.60. The predicted molar refractivity (Wildman–Crippen MR) is 133 cm³/mol. The molecule has 3 N–H and O–H groups in total. The van der Waals surface area contributed by atoms with Gasteiger partial charge in [0.05, 0.1) is 16.9 Å². The summed E-state index contributed by atoms with van der Waals surface area (Å²) in [7, 11) is -3.99. The highest BCUT2D eigenvalue weighted by atomic mass is 32.2. The van der Waals surface area contributed by atoms with Crippen LogP contribution in [0.15, 0.2) is 41.3 Å². The topological polar surface area (TPSA) is 98.7 Å². The van der Waals surface area contributed by atoms with Crippen molar-refractivity contribution >= 4 is 27.4 Å². The predicted octanol–water partition coefficient (Wildman–Crippen LogP) is 4.77. The Balaban J connectivity index is 1.85. The third-order valence-corrected chi connectivity index (χ3v) is 7.83. The molecule has 3 rings (SSSR count). The number of carboxylic acids is 1. The van der Waals surface area contributed by atoms with Crippen LogP contribution in [0.2, 0.25) is 0 Å². The molecule has 0 saturated carbocycles. The molecule has 0 radical (unpaired) electrons. The minimum absolute atomic E-state index is 0.0629. The second kappa shape index (κ2) is 11.0. The molecule has 1 aliphatic rings. The molecule has 1 atom stereocenters. The van der Waals surface area contributed by atoms with Crippen molar-refractivity contribution in [1.29, 1.82) is 0 Å². The summed E-state index contributed by atoms with van der Waals surface area (Å²) in [5.41, 5.74) is 2.42. The molecule has 0 heterocycles. The zero-order valence-corrected chi connectivity index (χ0v) is 20.5. The number of rotatable bonds is 11. The number of carbonyl (C=O) groups is 1. The summed E-state index contributed by atoms with van der Waals surface area (Å²) in [5, 5.41) is 13.2. The lowest BCUT2D eigenvalue weighted by molar-refractivity contribution is 0.0696. The fourth-order valence-corrected chi connectivity index (χ4v) is 5.87. The molecule has 0 aromatic heterocycles. The molecule has 8 heteroatoms. The lowest BCUT2D eigenvalue weighted by Gasteiger charge is -2.26. The van der Waals surface area contributed by atoms with E-state index in [-0.39, 0.29) is 22.1 Å². The molecule has 1 aliphatic carbocycles. The summed E-state index contributed by atoms with van der Waals surface area (Å²) < 4.78 is 29.2. The van der Waals surface area contributed by atoms with Gasteiger partial charge in [-0.3, -0.25) is 4.72 Å². The first-order chi connectivity index (χ1) is 15.8. The highest BCUT2D eigenvalue weighted by Crippen LogP contribution is 2.38. The largest absolute Gasteiger partial charge is 0.478 e. The van der Waals surface area contributed by atoms with E-state index in [9.17, 15) is 18.3 Å². The van der Waals surface area contributed by atoms with Crippen LogP contribution in [0, 0.1) is 0 Å². The molecule has 1 unspecified atom stereocenters. The van der Waals surface area contributed by atoms with Gasteiger partial charge in [-0.15, -0.1) is 0 Å². The Morgan fingerprint density at radius 2 is 1.85 bits per heavy atom. The van der Waals surface area contributed by atoms with E-state index >= 15 is 0 Å². The van der Waals surface area contributed by atoms with Gasteiger partial charge in [0.1, 0.15) is 4.90 Å². The van der Waals surface area contributed by atoms with Crippen LogP contribution in [0.5, 0.6) is 0 Å². The summed E-state index contributed by atoms with van der Waals surface area (Å²) >= 11 is 0. The SMILES string of the molecule is CCN(CC)CCCNc1ccccc1S(=O)(=O)Nc1ccc2c(c1C(=O)O)C(C)CCC2. The maximum atomic E-state index is 13.3. The summed E-state index contributed by atoms with van der Waals surface area (Å²) in [4.78, 5) is 14.6. The number of aromatic carboxylic acids is 1. The van der Waals surface area contributed by atoms with Crippen LogP contribution in [0.1, 0.15) is 67.4 Å². The van der Waals surface area contributed by atoms with Crippen molar-refractivity contribution in [2.45, 2.75) is 57.3 Å². The molecule has 180 valence electrons. The first-order valence-corrected chi connectivity index (χ1v) is 13.2. The molecule has 0 spiro atoms. The number of carboxylic acid groups (broad SMARTS) is 1. The number of hydrogen-bond donors (Lipinski definition) is 3. The van der Waals surface area contributed by atoms with Crippen molar-refractivity contribution in [3.8, 4) is 0 Å². The number of para-hydroxylation sites is 1. The number of nitrogens with one attached hydrogen (secondary N) is 2. The number of benzene rings is 2. The number of sulfonamides is 1. The Morgan fingerprint density at radius 1 is 1.12 bits per heavy atom. The standard InChI is InChI=1S/C25H35N3O4S/c1-4-28(5-2)17-9-16-26-20-12-6-7-13-22(20)33(31,32)27-21-15-14-19-11-8-10-18(3)23(19)24(21)25(29)30/h6-7,12-15,18,26-27H,4-5,8-11,16-17H2,1-3H3,(H,29,30). The van der Waals surface area contributed by atoms with Crippen LogP contribution in [0.3, 0.4) is 0 Å². The first-order valence-electron chi connectivity index (χ1n) is 11.8. The smallest absolute Gasteiger partial charge is 0.338 e. The van der Waals surface area contributed by atoms with E-state index in [2.05, 4.69) is 28.8 Å². The van der Waals surface area contributed by atoms with E-state index in [0.717, 1.165) is 56.4 Å². The van der Waals surface area contributed by atoms with Crippen molar-refractivity contribution in [1.82, 2.24) is 4.90 Å². The van der Waals surface area contributed by atoms with Crippen molar-refractivity contribution < 1.29 is 18.3 Å². The quantitative estimate of drug-likeness (QED) is 0.407. The van der Waals surface area contributed by atoms with Crippen LogP contribution < -0.4 is 10.0 Å². The molecule has 7 nitrogen and oxygen atoms in total. The maximum Gasteiger partial charge on any atom is 0.338 e. The molecule has 0 bridgehead atoms. The van der Waals surface area contributed by atoms with Crippen LogP contribution in [-0.4, -0.2) is 50.6 Å². The summed E-state index contributed by atoms with van der Waals surface area (Å²) in [6.45, 7) is 9.78. The fourth-order valence-electron chi connectivity index (χ4n) is 4.61. The van der Waals surface area contributed by atoms with Crippen LogP contribution in [-0.2, 0) is 16.4 Å². The van der Waals surface area contributed by atoms with E-state index in [1.807, 2.05) is 13.0 Å². The highest BCUT2D eigenvalue weighted by molar-refractivity contribution is 7.92. The first kappa shape index (κ1) is 25.1. The van der Waals surface area contributed by atoms with Gasteiger partial charge in [-0.05, 0) is 80.6 Å². The number of nitrogens with zero attached hydrogens (tertiary/aromatic N) is 1. The molecule has 0 saturated heterocycles. The van der Waals surface area contributed by atoms with E-state index in [1.165, 1.54) is 6.07 Å². The Morgan fingerprint density at radius 3 is 2.55 bits per heavy atom. The third-order valence-electron chi connectivity index (χ3n) is 6.41. The van der Waals surface area contributed by atoms with Crippen molar-refractivity contribution in [2.75, 3.05) is 36.2 Å². The van der Waals surface area contributed by atoms with E-state index in [1.54, 1.807) is 24.3 Å². The normalized spacial score (nSPS) is 15.8. The van der Waals surface area contributed by atoms with Gasteiger partial charge in [0.15, 0.2) is 0 Å². The van der Waals surface area contributed by atoms with E-state index in [4.69, 9.17) is 0 Å². The average molecular weight is 474 g/mol. The Kier molecular flexibility index (Phi) is 8.37. The highest BCUT2D eigenvalue weighted by Gasteiger charge is 2.28. The lowest BCUT2D eigenvalue weighted by Crippen LogP contribution is -2.25. The molecule has 0 aliphatic heterocycles. The third kappa shape index (κ3) is 5.86. The molecule has 2 aromatic rings. The minimum atomic E-state index is -3.99. The van der Waals surface area contributed by atoms with E-state index < -0.39 is 16.0 Å². The van der Waals surface area contributed by atoms with Crippen molar-refractivity contribution in [3.05, 3.63) is 53.1 Å². The molecule has 2 aromatic carbocycles. The van der Waals surface area contributed by atoms with Crippen LogP contribution in [0.4, 0.5) is 11.4 Å². The van der Waals surface area contributed by atoms with Gasteiger partial charge in [0.25, 0.3) is 10.0 Å². The maximum absolute atomic E-state index is 13.3. The Hall–Kier alpha value is -2.58. The van der Waals surface area contributed by atoms with Crippen LogP contribution >= 0.6 is 0 Å². The number of aryl methyl sites for hydroxylation is 1. The number of hydrogen-bond acceptors (Lipinski definition) is 5. The lowest BCUT2D eigenvalue weighted by atomic mass is 9.80. The second-order valence-electron chi connectivity index (χ2n) is 8.57. The Bertz CT molecular complexity index is 1080. The van der Waals surface area contributed by atoms with Gasteiger partial charge in [-0.1, -0.05) is 39.0 Å². The van der Waals surface area contributed by atoms with Gasteiger partial charge in [0.2, 0.25) is 0 Å². The zero-order valence-electron chi connectivity index (χ0n) is 19.7. The molecular formula is C25H35N3O4S. The van der Waals surface area contributed by atoms with Crippen molar-refractivity contribution in [2.24, 2.45) is 0 Å². The van der Waals surface area contributed by atoms with E-state index in [0.29, 0.717) is 12.2 Å².